The molecule has 0 aliphatic heterocycles. The first-order chi connectivity index (χ1) is 11.3. The summed E-state index contributed by atoms with van der Waals surface area (Å²) in [6, 6.07) is 7.71. The van der Waals surface area contributed by atoms with Crippen LogP contribution in [0.15, 0.2) is 34.8 Å². The van der Waals surface area contributed by atoms with Crippen LogP contribution in [0.3, 0.4) is 0 Å². The number of aryl methyl sites for hydroxylation is 1. The van der Waals surface area contributed by atoms with Crippen LogP contribution in [0.2, 0.25) is 0 Å². The van der Waals surface area contributed by atoms with Crippen LogP contribution in [0.1, 0.15) is 4.88 Å². The lowest BCUT2D eigenvalue weighted by Gasteiger charge is -2.09. The third-order valence-corrected chi connectivity index (χ3v) is 5.71. The Morgan fingerprint density at radius 1 is 0.750 bits per heavy atom. The molecule has 0 saturated carbocycles. The van der Waals surface area contributed by atoms with E-state index in [4.69, 9.17) is 0 Å². The van der Waals surface area contributed by atoms with Gasteiger partial charge in [0.1, 0.15) is 0 Å². The van der Waals surface area contributed by atoms with Gasteiger partial charge in [-0.2, -0.15) is 0 Å². The van der Waals surface area contributed by atoms with Crippen LogP contribution in [0.4, 0.5) is 22.0 Å². The fourth-order valence-electron chi connectivity index (χ4n) is 2.26. The first-order valence-corrected chi connectivity index (χ1v) is 8.30. The highest BCUT2D eigenvalue weighted by molar-refractivity contribution is 9.10. The Morgan fingerprint density at radius 2 is 1.21 bits per heavy atom. The summed E-state index contributed by atoms with van der Waals surface area (Å²) in [7, 11) is 0. The van der Waals surface area contributed by atoms with E-state index in [0.29, 0.717) is 0 Å². The number of thiophene rings is 1. The molecule has 124 valence electrons. The summed E-state index contributed by atoms with van der Waals surface area (Å²) >= 11 is 4.92. The Balaban J connectivity index is 2.09. The molecular weight excluding hydrogens is 411 g/mol. The molecule has 0 amide bonds. The van der Waals surface area contributed by atoms with Crippen molar-refractivity contribution in [2.24, 2.45) is 0 Å². The molecule has 1 heterocycles. The van der Waals surface area contributed by atoms with Crippen molar-refractivity contribution in [1.29, 1.82) is 0 Å². The molecule has 0 atom stereocenters. The summed E-state index contributed by atoms with van der Waals surface area (Å²) in [5, 5.41) is 0. The smallest absolute Gasteiger partial charge is 0.200 e. The van der Waals surface area contributed by atoms with E-state index >= 15 is 0 Å². The zero-order valence-corrected chi connectivity index (χ0v) is 14.5. The lowest BCUT2D eigenvalue weighted by molar-refractivity contribution is 0.381. The van der Waals surface area contributed by atoms with Crippen molar-refractivity contribution >= 4 is 27.3 Å². The maximum Gasteiger partial charge on any atom is 0.200 e. The molecule has 1 aromatic heterocycles. The molecule has 7 heteroatoms. The fraction of sp³-hybridized carbons (Fsp3) is 0.0588. The lowest BCUT2D eigenvalue weighted by atomic mass is 10.0. The van der Waals surface area contributed by atoms with E-state index in [2.05, 4.69) is 15.9 Å². The van der Waals surface area contributed by atoms with Gasteiger partial charge in [-0.3, -0.25) is 0 Å². The van der Waals surface area contributed by atoms with Crippen molar-refractivity contribution in [3.63, 3.8) is 0 Å². The largest absolute Gasteiger partial charge is 0.203 e. The third kappa shape index (κ3) is 2.75. The molecule has 0 bridgehead atoms. The Morgan fingerprint density at radius 3 is 1.67 bits per heavy atom. The minimum absolute atomic E-state index is 0.0844. The molecule has 0 fully saturated rings. The van der Waals surface area contributed by atoms with Crippen molar-refractivity contribution in [3.8, 4) is 21.6 Å². The molecule has 3 aromatic rings. The number of hydrogen-bond acceptors (Lipinski definition) is 1. The summed E-state index contributed by atoms with van der Waals surface area (Å²) in [5.74, 6) is -9.75. The number of rotatable bonds is 2. The van der Waals surface area contributed by atoms with Crippen molar-refractivity contribution in [3.05, 3.63) is 68.8 Å². The monoisotopic (exact) mass is 418 g/mol. The maximum absolute atomic E-state index is 13.8. The number of hydrogen-bond donors (Lipinski definition) is 0. The Labute approximate surface area is 146 Å². The van der Waals surface area contributed by atoms with Crippen LogP contribution in [-0.4, -0.2) is 0 Å². The average Bonchev–Trinajstić information content (AvgIpc) is 2.91. The topological polar surface area (TPSA) is 0 Å². The van der Waals surface area contributed by atoms with Crippen LogP contribution < -0.4 is 0 Å². The molecule has 24 heavy (non-hydrogen) atoms. The van der Waals surface area contributed by atoms with E-state index in [1.807, 2.05) is 13.0 Å². The summed E-state index contributed by atoms with van der Waals surface area (Å²) in [6.45, 7) is 1.93. The summed E-state index contributed by atoms with van der Waals surface area (Å²) in [6.07, 6.45) is 0. The summed E-state index contributed by atoms with van der Waals surface area (Å²) < 4.78 is 68.4. The highest BCUT2D eigenvalue weighted by atomic mass is 79.9. The molecule has 3 rings (SSSR count). The van der Waals surface area contributed by atoms with Crippen LogP contribution in [0, 0.1) is 36.0 Å². The van der Waals surface area contributed by atoms with Crippen molar-refractivity contribution < 1.29 is 22.0 Å². The van der Waals surface area contributed by atoms with Gasteiger partial charge in [-0.05, 0) is 40.0 Å². The van der Waals surface area contributed by atoms with Crippen LogP contribution in [-0.2, 0) is 0 Å². The highest BCUT2D eigenvalue weighted by Crippen LogP contribution is 2.36. The van der Waals surface area contributed by atoms with Gasteiger partial charge in [-0.1, -0.05) is 24.3 Å². The normalized spacial score (nSPS) is 11.1. The van der Waals surface area contributed by atoms with Gasteiger partial charge in [0.25, 0.3) is 0 Å². The first kappa shape index (κ1) is 17.1. The Kier molecular flexibility index (Phi) is 4.48. The number of benzene rings is 2. The Hall–Kier alpha value is -1.73. The maximum atomic E-state index is 13.8. The van der Waals surface area contributed by atoms with Gasteiger partial charge in [-0.25, -0.2) is 22.0 Å². The molecule has 0 radical (unpaired) electrons. The van der Waals surface area contributed by atoms with Crippen molar-refractivity contribution in [1.82, 2.24) is 0 Å². The second-order valence-corrected chi connectivity index (χ2v) is 7.15. The fourth-order valence-corrected chi connectivity index (χ4v) is 3.80. The SMILES string of the molecule is Cc1sc(-c2ccc(-c3c(F)c(F)c(F)c(F)c3F)cc2)cc1Br. The summed E-state index contributed by atoms with van der Waals surface area (Å²) in [5.41, 5.74) is -0.234. The predicted molar refractivity (Wildman–Crippen MR) is 87.4 cm³/mol. The van der Waals surface area contributed by atoms with E-state index in [9.17, 15) is 22.0 Å². The van der Waals surface area contributed by atoms with E-state index in [1.54, 1.807) is 12.1 Å². The average molecular weight is 419 g/mol. The first-order valence-electron chi connectivity index (χ1n) is 6.69. The van der Waals surface area contributed by atoms with Gasteiger partial charge in [0.15, 0.2) is 23.3 Å². The minimum Gasteiger partial charge on any atom is -0.203 e. The van der Waals surface area contributed by atoms with Gasteiger partial charge in [0.05, 0.1) is 5.56 Å². The van der Waals surface area contributed by atoms with Crippen LogP contribution in [0.25, 0.3) is 21.6 Å². The number of halogens is 6. The van der Waals surface area contributed by atoms with Gasteiger partial charge in [-0.15, -0.1) is 11.3 Å². The molecule has 2 aromatic carbocycles. The van der Waals surface area contributed by atoms with E-state index in [-0.39, 0.29) is 5.56 Å². The van der Waals surface area contributed by atoms with Crippen molar-refractivity contribution in [2.75, 3.05) is 0 Å². The molecule has 0 nitrogen and oxygen atoms in total. The lowest BCUT2D eigenvalue weighted by Crippen LogP contribution is -2.03. The second-order valence-electron chi connectivity index (χ2n) is 5.04. The van der Waals surface area contributed by atoms with Crippen LogP contribution in [0.5, 0.6) is 0 Å². The second kappa shape index (κ2) is 6.29. The van der Waals surface area contributed by atoms with E-state index < -0.39 is 34.6 Å². The van der Waals surface area contributed by atoms with Gasteiger partial charge in [0.2, 0.25) is 5.82 Å². The molecule has 0 saturated heterocycles. The van der Waals surface area contributed by atoms with Gasteiger partial charge in [0, 0.05) is 14.2 Å². The molecule has 0 aliphatic carbocycles. The molecular formula is C17H8BrF5S. The highest BCUT2D eigenvalue weighted by Gasteiger charge is 2.26. The quantitative estimate of drug-likeness (QED) is 0.242. The van der Waals surface area contributed by atoms with E-state index in [1.165, 1.54) is 23.5 Å². The van der Waals surface area contributed by atoms with Crippen LogP contribution >= 0.6 is 27.3 Å². The summed E-state index contributed by atoms with van der Waals surface area (Å²) in [4.78, 5) is 1.98. The molecule has 0 aliphatic rings. The zero-order chi connectivity index (χ0) is 17.6. The van der Waals surface area contributed by atoms with Crippen molar-refractivity contribution in [2.45, 2.75) is 6.92 Å². The Bertz CT molecular complexity index is 883. The molecule has 0 spiro atoms. The van der Waals surface area contributed by atoms with Gasteiger partial charge < -0.3 is 0 Å². The molecule has 0 N–H and O–H groups in total. The predicted octanol–water partition coefficient (Wildman–Crippen LogP) is 6.85. The van der Waals surface area contributed by atoms with Gasteiger partial charge >= 0.3 is 0 Å². The minimum atomic E-state index is -2.16. The van der Waals surface area contributed by atoms with E-state index in [0.717, 1.165) is 19.8 Å². The molecule has 0 unspecified atom stereocenters. The zero-order valence-electron chi connectivity index (χ0n) is 12.1. The third-order valence-electron chi connectivity index (χ3n) is 3.53. The standard InChI is InChI=1S/C17H8BrF5S/c1-7-10(18)6-11(24-7)8-2-4-9(5-3-8)12-13(19)15(21)17(23)16(22)14(12)20/h2-6H,1H3.